The van der Waals surface area contributed by atoms with Gasteiger partial charge in [0.2, 0.25) is 5.91 Å². The van der Waals surface area contributed by atoms with Gasteiger partial charge in [0.15, 0.2) is 0 Å². The van der Waals surface area contributed by atoms with E-state index in [4.69, 9.17) is 0 Å². The number of carboxylic acid groups (broad SMARTS) is 1. The Balaban J connectivity index is 2.02. The predicted molar refractivity (Wildman–Crippen MR) is 71.6 cm³/mol. The fourth-order valence-corrected chi connectivity index (χ4v) is 3.81. The van der Waals surface area contributed by atoms with Crippen molar-refractivity contribution in [3.63, 3.8) is 0 Å². The number of nitrogens with zero attached hydrogens (tertiary/aromatic N) is 1. The van der Waals surface area contributed by atoms with E-state index < -0.39 is 11.9 Å². The van der Waals surface area contributed by atoms with E-state index in [1.807, 2.05) is 16.7 Å². The molecule has 0 bridgehead atoms. The fraction of sp³-hybridized carbons (Fsp3) is 0.846. The first kappa shape index (κ1) is 13.7. The zero-order valence-corrected chi connectivity index (χ0v) is 11.5. The molecule has 2 aliphatic rings. The summed E-state index contributed by atoms with van der Waals surface area (Å²) in [6.45, 7) is 1.58. The summed E-state index contributed by atoms with van der Waals surface area (Å²) in [4.78, 5) is 25.6. The van der Waals surface area contributed by atoms with Crippen molar-refractivity contribution in [3.05, 3.63) is 0 Å². The predicted octanol–water partition coefficient (Wildman–Crippen LogP) is 1.84. The van der Waals surface area contributed by atoms with Crippen molar-refractivity contribution in [3.8, 4) is 0 Å². The van der Waals surface area contributed by atoms with Crippen molar-refractivity contribution in [1.82, 2.24) is 4.90 Å². The molecule has 18 heavy (non-hydrogen) atoms. The van der Waals surface area contributed by atoms with Crippen LogP contribution in [0.3, 0.4) is 0 Å². The minimum atomic E-state index is -0.794. The summed E-state index contributed by atoms with van der Waals surface area (Å²) < 4.78 is 0. The standard InChI is InChI=1S/C13H21NO3S/c15-12(14-6-3-8-18-9-7-14)10-4-1-2-5-11(10)13(16)17/h10-11H,1-9H2,(H,16,17)/t10-,11+/m1/s1. The molecule has 5 heteroatoms. The second kappa shape index (κ2) is 6.45. The van der Waals surface area contributed by atoms with E-state index in [2.05, 4.69) is 0 Å². The SMILES string of the molecule is O=C(O)[C@H]1CCCC[C@H]1C(=O)N1CCCSCC1. The number of carbonyl (C=O) groups is 2. The Hall–Kier alpha value is -0.710. The van der Waals surface area contributed by atoms with Crippen LogP contribution in [0.25, 0.3) is 0 Å². The summed E-state index contributed by atoms with van der Waals surface area (Å²) in [6, 6.07) is 0. The molecule has 0 spiro atoms. The lowest BCUT2D eigenvalue weighted by atomic mass is 9.78. The first-order valence-corrected chi connectivity index (χ1v) is 7.95. The molecule has 2 rings (SSSR count). The van der Waals surface area contributed by atoms with Crippen LogP contribution in [0.15, 0.2) is 0 Å². The first-order chi connectivity index (χ1) is 8.70. The molecule has 0 aromatic carbocycles. The van der Waals surface area contributed by atoms with Gasteiger partial charge in [0.25, 0.3) is 0 Å². The van der Waals surface area contributed by atoms with Gasteiger partial charge in [-0.2, -0.15) is 11.8 Å². The van der Waals surface area contributed by atoms with Crippen molar-refractivity contribution < 1.29 is 14.7 Å². The molecule has 0 aromatic heterocycles. The van der Waals surface area contributed by atoms with Gasteiger partial charge in [-0.05, 0) is 25.0 Å². The summed E-state index contributed by atoms with van der Waals surface area (Å²) in [5, 5.41) is 9.24. The molecule has 2 fully saturated rings. The number of amides is 1. The van der Waals surface area contributed by atoms with Crippen LogP contribution in [0.1, 0.15) is 32.1 Å². The highest BCUT2D eigenvalue weighted by Gasteiger charge is 2.37. The Morgan fingerprint density at radius 2 is 1.72 bits per heavy atom. The van der Waals surface area contributed by atoms with E-state index in [9.17, 15) is 14.7 Å². The van der Waals surface area contributed by atoms with Gasteiger partial charge in [0.1, 0.15) is 0 Å². The summed E-state index contributed by atoms with van der Waals surface area (Å²) in [6.07, 6.45) is 4.37. The summed E-state index contributed by atoms with van der Waals surface area (Å²) in [7, 11) is 0. The van der Waals surface area contributed by atoms with Gasteiger partial charge >= 0.3 is 5.97 Å². The van der Waals surface area contributed by atoms with E-state index in [1.165, 1.54) is 0 Å². The Morgan fingerprint density at radius 3 is 2.44 bits per heavy atom. The number of rotatable bonds is 2. The molecule has 1 saturated heterocycles. The average molecular weight is 271 g/mol. The average Bonchev–Trinajstić information content (AvgIpc) is 2.66. The highest BCUT2D eigenvalue weighted by atomic mass is 32.2. The zero-order valence-electron chi connectivity index (χ0n) is 10.6. The number of thioether (sulfide) groups is 1. The van der Waals surface area contributed by atoms with E-state index >= 15 is 0 Å². The van der Waals surface area contributed by atoms with Crippen molar-refractivity contribution in [2.75, 3.05) is 24.6 Å². The van der Waals surface area contributed by atoms with Gasteiger partial charge in [0, 0.05) is 18.8 Å². The van der Waals surface area contributed by atoms with Crippen molar-refractivity contribution >= 4 is 23.6 Å². The smallest absolute Gasteiger partial charge is 0.307 e. The molecular weight excluding hydrogens is 250 g/mol. The number of hydrogen-bond donors (Lipinski definition) is 1. The maximum Gasteiger partial charge on any atom is 0.307 e. The van der Waals surface area contributed by atoms with Crippen LogP contribution in [0.5, 0.6) is 0 Å². The summed E-state index contributed by atoms with van der Waals surface area (Å²) in [5.74, 6) is 0.649. The third kappa shape index (κ3) is 3.19. The van der Waals surface area contributed by atoms with Crippen LogP contribution in [-0.2, 0) is 9.59 Å². The van der Waals surface area contributed by atoms with Crippen LogP contribution in [0.4, 0.5) is 0 Å². The summed E-state index contributed by atoms with van der Waals surface area (Å²) >= 11 is 1.88. The van der Waals surface area contributed by atoms with Gasteiger partial charge in [-0.15, -0.1) is 0 Å². The zero-order chi connectivity index (χ0) is 13.0. The van der Waals surface area contributed by atoms with E-state index in [0.29, 0.717) is 6.42 Å². The minimum absolute atomic E-state index is 0.0876. The number of carboxylic acids is 1. The number of aliphatic carboxylic acids is 1. The molecule has 0 unspecified atom stereocenters. The topological polar surface area (TPSA) is 57.6 Å². The maximum atomic E-state index is 12.5. The van der Waals surface area contributed by atoms with Gasteiger partial charge < -0.3 is 10.0 Å². The van der Waals surface area contributed by atoms with Crippen molar-refractivity contribution in [2.45, 2.75) is 32.1 Å². The first-order valence-electron chi connectivity index (χ1n) is 6.79. The maximum absolute atomic E-state index is 12.5. The molecule has 4 nitrogen and oxygen atoms in total. The Bertz CT molecular complexity index is 313. The second-order valence-electron chi connectivity index (χ2n) is 5.13. The fourth-order valence-electron chi connectivity index (χ4n) is 2.92. The monoisotopic (exact) mass is 271 g/mol. The molecule has 1 saturated carbocycles. The normalized spacial score (nSPS) is 29.7. The molecule has 2 atom stereocenters. The highest BCUT2D eigenvalue weighted by molar-refractivity contribution is 7.99. The van der Waals surface area contributed by atoms with E-state index in [0.717, 1.165) is 50.3 Å². The number of carbonyl (C=O) groups excluding carboxylic acids is 1. The molecule has 1 amide bonds. The molecular formula is C13H21NO3S. The van der Waals surface area contributed by atoms with Crippen LogP contribution >= 0.6 is 11.8 Å². The van der Waals surface area contributed by atoms with Gasteiger partial charge in [0.05, 0.1) is 11.8 Å². The highest BCUT2D eigenvalue weighted by Crippen LogP contribution is 2.32. The largest absolute Gasteiger partial charge is 0.481 e. The quantitative estimate of drug-likeness (QED) is 0.832. The third-order valence-electron chi connectivity index (χ3n) is 3.93. The van der Waals surface area contributed by atoms with Crippen LogP contribution in [0.2, 0.25) is 0 Å². The van der Waals surface area contributed by atoms with Crippen LogP contribution in [0, 0.1) is 11.8 Å². The lowest BCUT2D eigenvalue weighted by Gasteiger charge is -2.32. The summed E-state index contributed by atoms with van der Waals surface area (Å²) in [5.41, 5.74) is 0. The molecule has 102 valence electrons. The minimum Gasteiger partial charge on any atom is -0.481 e. The molecule has 0 aromatic rings. The van der Waals surface area contributed by atoms with Gasteiger partial charge in [-0.3, -0.25) is 9.59 Å². The third-order valence-corrected chi connectivity index (χ3v) is 4.98. The lowest BCUT2D eigenvalue weighted by Crippen LogP contribution is -2.43. The molecule has 1 aliphatic heterocycles. The molecule has 1 N–H and O–H groups in total. The van der Waals surface area contributed by atoms with Crippen molar-refractivity contribution in [1.29, 1.82) is 0 Å². The molecule has 0 radical (unpaired) electrons. The Kier molecular flexibility index (Phi) is 4.92. The lowest BCUT2D eigenvalue weighted by molar-refractivity contribution is -0.152. The second-order valence-corrected chi connectivity index (χ2v) is 6.35. The van der Waals surface area contributed by atoms with Gasteiger partial charge in [-0.1, -0.05) is 12.8 Å². The molecule has 1 heterocycles. The van der Waals surface area contributed by atoms with Gasteiger partial charge in [-0.25, -0.2) is 0 Å². The van der Waals surface area contributed by atoms with E-state index in [1.54, 1.807) is 0 Å². The van der Waals surface area contributed by atoms with Crippen LogP contribution in [-0.4, -0.2) is 46.5 Å². The van der Waals surface area contributed by atoms with Crippen molar-refractivity contribution in [2.24, 2.45) is 11.8 Å². The van der Waals surface area contributed by atoms with Crippen LogP contribution < -0.4 is 0 Å². The number of hydrogen-bond acceptors (Lipinski definition) is 3. The Morgan fingerprint density at radius 1 is 1.00 bits per heavy atom. The molecule has 1 aliphatic carbocycles. The Labute approximate surface area is 112 Å². The van der Waals surface area contributed by atoms with E-state index in [-0.39, 0.29) is 11.8 Å².